The number of esters is 2. The lowest BCUT2D eigenvalue weighted by Crippen LogP contribution is -2.37. The number of ether oxygens (including phenoxy) is 2. The van der Waals surface area contributed by atoms with Crippen LogP contribution < -0.4 is 0 Å². The molecule has 2 atom stereocenters. The number of allylic oxidation sites excluding steroid dienone is 24. The van der Waals surface area contributed by atoms with Crippen molar-refractivity contribution in [2.45, 2.75) is 251 Å². The number of likely N-dealkylation sites (N-methyl/N-ethyl adjacent to an activating group) is 1. The number of phosphoric acid groups is 1. The number of unbranched alkanes of at least 4 members (excludes halogenated alkanes) is 20. The molecule has 0 aliphatic rings. The van der Waals surface area contributed by atoms with Crippen molar-refractivity contribution in [1.82, 2.24) is 0 Å². The Morgan fingerprint density at radius 1 is 0.390 bits per heavy atom. The third-order valence-corrected chi connectivity index (χ3v) is 14.3. The van der Waals surface area contributed by atoms with Gasteiger partial charge in [-0.05, 0) is 122 Å². The first kappa shape index (κ1) is 77.9. The van der Waals surface area contributed by atoms with E-state index in [0.717, 1.165) is 128 Å². The fraction of sp³-hybridized carbons (Fsp3) is 0.639. The first-order valence-electron chi connectivity index (χ1n) is 32.6. The highest BCUT2D eigenvalue weighted by Crippen LogP contribution is 2.43. The van der Waals surface area contributed by atoms with E-state index >= 15 is 0 Å². The maximum Gasteiger partial charge on any atom is 0.472 e. The van der Waals surface area contributed by atoms with Gasteiger partial charge in [0.1, 0.15) is 19.8 Å². The quantitative estimate of drug-likeness (QED) is 0.0211. The molecule has 0 rings (SSSR count). The van der Waals surface area contributed by atoms with Crippen molar-refractivity contribution >= 4 is 19.8 Å². The molecule has 0 bridgehead atoms. The molecule has 0 fully saturated rings. The average Bonchev–Trinajstić information content (AvgIpc) is 3.45. The average molecular weight is 1160 g/mol. The molecule has 0 aliphatic heterocycles. The maximum absolute atomic E-state index is 12.8. The van der Waals surface area contributed by atoms with Crippen LogP contribution in [0.15, 0.2) is 146 Å². The van der Waals surface area contributed by atoms with Crippen molar-refractivity contribution in [3.8, 4) is 0 Å². The zero-order chi connectivity index (χ0) is 59.8. The molecule has 0 aliphatic carbocycles. The van der Waals surface area contributed by atoms with Crippen molar-refractivity contribution in [2.24, 2.45) is 0 Å². The van der Waals surface area contributed by atoms with Crippen molar-refractivity contribution in [2.75, 3.05) is 47.5 Å². The van der Waals surface area contributed by atoms with E-state index in [4.69, 9.17) is 18.5 Å². The zero-order valence-corrected chi connectivity index (χ0v) is 53.8. The van der Waals surface area contributed by atoms with Gasteiger partial charge in [-0.25, -0.2) is 4.57 Å². The van der Waals surface area contributed by atoms with Crippen LogP contribution in [0.1, 0.15) is 245 Å². The largest absolute Gasteiger partial charge is 0.472 e. The lowest BCUT2D eigenvalue weighted by molar-refractivity contribution is -0.870. The van der Waals surface area contributed by atoms with Crippen LogP contribution in [0.5, 0.6) is 0 Å². The molecule has 0 aromatic rings. The highest BCUT2D eigenvalue weighted by Gasteiger charge is 2.27. The summed E-state index contributed by atoms with van der Waals surface area (Å²) in [7, 11) is 1.45. The number of phosphoric ester groups is 1. The number of nitrogens with zero attached hydrogens (tertiary/aromatic N) is 1. The van der Waals surface area contributed by atoms with Gasteiger partial charge in [0.25, 0.3) is 0 Å². The van der Waals surface area contributed by atoms with E-state index in [9.17, 15) is 19.0 Å². The summed E-state index contributed by atoms with van der Waals surface area (Å²) < 4.78 is 34.6. The number of hydrogen-bond acceptors (Lipinski definition) is 7. The van der Waals surface area contributed by atoms with Gasteiger partial charge in [0.2, 0.25) is 0 Å². The highest BCUT2D eigenvalue weighted by molar-refractivity contribution is 7.47. The van der Waals surface area contributed by atoms with Gasteiger partial charge < -0.3 is 18.9 Å². The van der Waals surface area contributed by atoms with Crippen LogP contribution in [-0.2, 0) is 32.7 Å². The second-order valence-electron chi connectivity index (χ2n) is 22.4. The first-order chi connectivity index (χ1) is 40.0. The number of hydrogen-bond donors (Lipinski definition) is 1. The topological polar surface area (TPSA) is 108 Å². The van der Waals surface area contributed by atoms with Crippen LogP contribution in [0, 0.1) is 0 Å². The number of rotatable bonds is 58. The molecule has 82 heavy (non-hydrogen) atoms. The Bertz CT molecular complexity index is 1890. The minimum absolute atomic E-state index is 0.0230. The molecule has 2 unspecified atom stereocenters. The Labute approximate surface area is 503 Å². The highest BCUT2D eigenvalue weighted by atomic mass is 31.2. The summed E-state index contributed by atoms with van der Waals surface area (Å²) in [6.07, 6.45) is 90.7. The van der Waals surface area contributed by atoms with Crippen molar-refractivity contribution in [1.29, 1.82) is 0 Å². The molecule has 0 spiro atoms. The Kier molecular flexibility index (Phi) is 58.4. The second-order valence-corrected chi connectivity index (χ2v) is 23.9. The predicted octanol–water partition coefficient (Wildman–Crippen LogP) is 21.0. The predicted molar refractivity (Wildman–Crippen MR) is 353 cm³/mol. The van der Waals surface area contributed by atoms with Crippen LogP contribution in [0.4, 0.5) is 0 Å². The van der Waals surface area contributed by atoms with E-state index in [-0.39, 0.29) is 32.0 Å². The van der Waals surface area contributed by atoms with Crippen LogP contribution in [0.2, 0.25) is 0 Å². The Balaban J connectivity index is 4.10. The summed E-state index contributed by atoms with van der Waals surface area (Å²) in [5.41, 5.74) is 0. The summed E-state index contributed by atoms with van der Waals surface area (Å²) in [5.74, 6) is -0.818. The van der Waals surface area contributed by atoms with E-state index in [0.29, 0.717) is 17.4 Å². The van der Waals surface area contributed by atoms with Gasteiger partial charge in [-0.1, -0.05) is 256 Å². The smallest absolute Gasteiger partial charge is 0.462 e. The summed E-state index contributed by atoms with van der Waals surface area (Å²) in [6.45, 7) is 4.27. The molecule has 0 saturated heterocycles. The molecule has 0 amide bonds. The molecule has 0 saturated carbocycles. The Morgan fingerprint density at radius 2 is 0.695 bits per heavy atom. The van der Waals surface area contributed by atoms with Gasteiger partial charge in [-0.2, -0.15) is 0 Å². The monoisotopic (exact) mass is 1160 g/mol. The zero-order valence-electron chi connectivity index (χ0n) is 52.9. The van der Waals surface area contributed by atoms with Gasteiger partial charge in [0.05, 0.1) is 27.7 Å². The van der Waals surface area contributed by atoms with E-state index < -0.39 is 26.5 Å². The van der Waals surface area contributed by atoms with Crippen LogP contribution in [0.3, 0.4) is 0 Å². The lowest BCUT2D eigenvalue weighted by Gasteiger charge is -2.24. The SMILES string of the molecule is CC/C=C\C/C=C\C/C=C\C/C=C\C/C=C\C/C=C\C/C=C\C/C=C\C/C=C\C/C=C\CCCCCCCCCCCCC(=O)OC(COC(=O)CCCCCCCCC/C=C\C/C=C\CCCCC)COP(=O)(O)OCC[N+](C)(C)C. The van der Waals surface area contributed by atoms with Gasteiger partial charge in [0, 0.05) is 12.8 Å². The van der Waals surface area contributed by atoms with Crippen molar-refractivity contribution < 1.29 is 42.1 Å². The molecule has 1 N–H and O–H groups in total. The van der Waals surface area contributed by atoms with E-state index in [1.165, 1.54) is 83.5 Å². The fourth-order valence-electron chi connectivity index (χ4n) is 8.37. The van der Waals surface area contributed by atoms with E-state index in [1.807, 2.05) is 21.1 Å². The van der Waals surface area contributed by atoms with E-state index in [1.54, 1.807) is 0 Å². The standard InChI is InChI=1S/C72H120NO8P/c1-6-8-10-12-14-16-18-20-22-24-25-26-27-28-29-30-31-32-33-34-35-36-37-38-39-40-41-42-43-44-45-46-47-49-51-53-55-57-59-61-63-65-72(75)81-70(69-80-82(76,77)79-67-66-73(3,4)5)68-78-71(74)64-62-60-58-56-54-52-50-48-23-21-19-17-15-13-11-9-7-2/h8,10,14-17,20-23,25-26,28-29,31-32,34-35,37-38,40-41,43-44,70H,6-7,9,11-13,18-19,24,27,30,33,36,39,42,45-69H2,1-5H3/p+1/b10-8-,16-14-,17-15-,22-20-,23-21-,26-25-,29-28-,32-31-,35-34-,38-37-,41-40-,44-43-. The molecule has 0 aromatic heterocycles. The summed E-state index contributed by atoms with van der Waals surface area (Å²) >= 11 is 0. The number of carbonyl (C=O) groups excluding carboxylic acids is 2. The molecule has 0 radical (unpaired) electrons. The fourth-order valence-corrected chi connectivity index (χ4v) is 9.11. The second kappa shape index (κ2) is 61.5. The molecule has 466 valence electrons. The van der Waals surface area contributed by atoms with Crippen LogP contribution in [0.25, 0.3) is 0 Å². The van der Waals surface area contributed by atoms with Crippen LogP contribution >= 0.6 is 7.82 Å². The summed E-state index contributed by atoms with van der Waals surface area (Å²) in [4.78, 5) is 35.7. The van der Waals surface area contributed by atoms with E-state index in [2.05, 4.69) is 160 Å². The van der Waals surface area contributed by atoms with Crippen LogP contribution in [-0.4, -0.2) is 74.9 Å². The Hall–Kier alpha value is -4.11. The molecule has 9 nitrogen and oxygen atoms in total. The normalized spacial score (nSPS) is 14.2. The first-order valence-corrected chi connectivity index (χ1v) is 34.1. The molecule has 0 heterocycles. The minimum Gasteiger partial charge on any atom is -0.462 e. The summed E-state index contributed by atoms with van der Waals surface area (Å²) in [5, 5.41) is 0. The molecular formula is C72H121NO8P+. The third kappa shape index (κ3) is 65.0. The molecule has 10 heteroatoms. The lowest BCUT2D eigenvalue weighted by atomic mass is 10.0. The van der Waals surface area contributed by atoms with Crippen molar-refractivity contribution in [3.05, 3.63) is 146 Å². The molecule has 0 aromatic carbocycles. The van der Waals surface area contributed by atoms with Crippen molar-refractivity contribution in [3.63, 3.8) is 0 Å². The number of quaternary nitrogens is 1. The summed E-state index contributed by atoms with van der Waals surface area (Å²) in [6, 6.07) is 0. The van der Waals surface area contributed by atoms with Gasteiger partial charge in [0.15, 0.2) is 6.10 Å². The van der Waals surface area contributed by atoms with Gasteiger partial charge >= 0.3 is 19.8 Å². The number of carbonyl (C=O) groups is 2. The minimum atomic E-state index is -4.40. The third-order valence-electron chi connectivity index (χ3n) is 13.4. The Morgan fingerprint density at radius 3 is 1.04 bits per heavy atom. The molecular weight excluding hydrogens is 1040 g/mol. The van der Waals surface area contributed by atoms with Gasteiger partial charge in [-0.15, -0.1) is 0 Å². The van der Waals surface area contributed by atoms with Gasteiger partial charge in [-0.3, -0.25) is 18.6 Å². The maximum atomic E-state index is 12.8.